The summed E-state index contributed by atoms with van der Waals surface area (Å²) in [6.07, 6.45) is 1.32. The molecule has 0 radical (unpaired) electrons. The smallest absolute Gasteiger partial charge is 0.0898 e. The molecule has 0 fully saturated rings. The Bertz CT molecular complexity index is 313. The first-order valence-corrected chi connectivity index (χ1v) is 5.88. The number of benzene rings is 1. The summed E-state index contributed by atoms with van der Waals surface area (Å²) in [6.45, 7) is 7.05. The van der Waals surface area contributed by atoms with E-state index >= 15 is 0 Å². The lowest BCUT2D eigenvalue weighted by molar-refractivity contribution is 0.0284. The minimum Gasteiger partial charge on any atom is -0.389 e. The lowest BCUT2D eigenvalue weighted by Crippen LogP contribution is -2.34. The lowest BCUT2D eigenvalue weighted by Gasteiger charge is -2.14. The second kappa shape index (κ2) is 8.01. The van der Waals surface area contributed by atoms with Crippen LogP contribution in [0.3, 0.4) is 0 Å². The van der Waals surface area contributed by atoms with Gasteiger partial charge in [-0.3, -0.25) is 0 Å². The monoisotopic (exact) mass is 235 g/mol. The third kappa shape index (κ3) is 6.22. The molecule has 0 aliphatic carbocycles. The van der Waals surface area contributed by atoms with E-state index in [0.29, 0.717) is 19.8 Å². The number of nitrogens with one attached hydrogen (secondary N) is 1. The van der Waals surface area contributed by atoms with Gasteiger partial charge in [-0.15, -0.1) is 6.58 Å². The van der Waals surface area contributed by atoms with Crippen molar-refractivity contribution in [1.82, 2.24) is 5.32 Å². The predicted molar refractivity (Wildman–Crippen MR) is 69.8 cm³/mol. The number of hydrogen-bond donors (Lipinski definition) is 2. The lowest BCUT2D eigenvalue weighted by atomic mass is 10.2. The van der Waals surface area contributed by atoms with Gasteiger partial charge >= 0.3 is 0 Å². The summed E-state index contributed by atoms with van der Waals surface area (Å²) in [4.78, 5) is 0. The Labute approximate surface area is 103 Å². The van der Waals surface area contributed by atoms with Crippen LogP contribution in [0.25, 0.3) is 0 Å². The van der Waals surface area contributed by atoms with Crippen molar-refractivity contribution in [3.05, 3.63) is 48.6 Å². The SMILES string of the molecule is C=CC(C)NCC(O)COCc1ccccc1. The number of aliphatic hydroxyl groups excluding tert-OH is 1. The van der Waals surface area contributed by atoms with Crippen LogP contribution in [0.15, 0.2) is 43.0 Å². The maximum Gasteiger partial charge on any atom is 0.0898 e. The molecule has 0 saturated carbocycles. The van der Waals surface area contributed by atoms with E-state index in [1.54, 1.807) is 6.08 Å². The van der Waals surface area contributed by atoms with Crippen LogP contribution in [0, 0.1) is 0 Å². The highest BCUT2D eigenvalue weighted by Crippen LogP contribution is 2.00. The molecule has 1 aromatic rings. The van der Waals surface area contributed by atoms with E-state index in [1.807, 2.05) is 37.3 Å². The first kappa shape index (κ1) is 13.9. The Morgan fingerprint density at radius 2 is 2.12 bits per heavy atom. The average molecular weight is 235 g/mol. The highest BCUT2D eigenvalue weighted by atomic mass is 16.5. The van der Waals surface area contributed by atoms with Gasteiger partial charge in [0.25, 0.3) is 0 Å². The molecule has 0 amide bonds. The maximum atomic E-state index is 9.65. The van der Waals surface area contributed by atoms with Gasteiger partial charge < -0.3 is 15.2 Å². The van der Waals surface area contributed by atoms with E-state index in [9.17, 15) is 5.11 Å². The van der Waals surface area contributed by atoms with Crippen molar-refractivity contribution in [2.24, 2.45) is 0 Å². The molecule has 0 bridgehead atoms. The molecule has 0 saturated heterocycles. The van der Waals surface area contributed by atoms with Gasteiger partial charge in [-0.25, -0.2) is 0 Å². The molecule has 3 nitrogen and oxygen atoms in total. The minimum atomic E-state index is -0.485. The Kier molecular flexibility index (Phi) is 6.55. The fraction of sp³-hybridized carbons (Fsp3) is 0.429. The van der Waals surface area contributed by atoms with Crippen molar-refractivity contribution in [1.29, 1.82) is 0 Å². The highest BCUT2D eigenvalue weighted by Gasteiger charge is 2.05. The molecule has 0 heterocycles. The van der Waals surface area contributed by atoms with Gasteiger partial charge in [0.05, 0.1) is 19.3 Å². The fourth-order valence-corrected chi connectivity index (χ4v) is 1.35. The van der Waals surface area contributed by atoms with Gasteiger partial charge in [-0.05, 0) is 12.5 Å². The predicted octanol–water partition coefficient (Wildman–Crippen LogP) is 1.73. The van der Waals surface area contributed by atoms with E-state index < -0.39 is 6.10 Å². The normalized spacial score (nSPS) is 14.2. The van der Waals surface area contributed by atoms with Gasteiger partial charge in [0, 0.05) is 12.6 Å². The van der Waals surface area contributed by atoms with Crippen molar-refractivity contribution in [3.63, 3.8) is 0 Å². The molecular weight excluding hydrogens is 214 g/mol. The zero-order chi connectivity index (χ0) is 12.5. The third-order valence-corrected chi connectivity index (χ3v) is 2.45. The molecule has 0 aromatic heterocycles. The van der Waals surface area contributed by atoms with Gasteiger partial charge in [-0.2, -0.15) is 0 Å². The van der Waals surface area contributed by atoms with Crippen LogP contribution in [0.1, 0.15) is 12.5 Å². The molecule has 1 aromatic carbocycles. The first-order valence-electron chi connectivity index (χ1n) is 5.88. The van der Waals surface area contributed by atoms with Crippen LogP contribution < -0.4 is 5.32 Å². The number of aliphatic hydroxyl groups is 1. The summed E-state index contributed by atoms with van der Waals surface area (Å²) in [6, 6.07) is 10.1. The van der Waals surface area contributed by atoms with Gasteiger partial charge in [0.15, 0.2) is 0 Å². The summed E-state index contributed by atoms with van der Waals surface area (Å²) in [5.41, 5.74) is 1.12. The van der Waals surface area contributed by atoms with Crippen LogP contribution in [-0.4, -0.2) is 30.4 Å². The summed E-state index contributed by atoms with van der Waals surface area (Å²) in [5, 5.41) is 12.8. The topological polar surface area (TPSA) is 41.5 Å². The Hall–Kier alpha value is -1.16. The van der Waals surface area contributed by atoms with E-state index in [4.69, 9.17) is 4.74 Å². The molecule has 2 atom stereocenters. The van der Waals surface area contributed by atoms with Crippen molar-refractivity contribution >= 4 is 0 Å². The third-order valence-electron chi connectivity index (χ3n) is 2.45. The first-order chi connectivity index (χ1) is 8.22. The average Bonchev–Trinajstić information content (AvgIpc) is 2.37. The van der Waals surface area contributed by atoms with Crippen LogP contribution in [-0.2, 0) is 11.3 Å². The van der Waals surface area contributed by atoms with E-state index in [-0.39, 0.29) is 6.04 Å². The molecule has 2 N–H and O–H groups in total. The molecule has 2 unspecified atom stereocenters. The molecule has 17 heavy (non-hydrogen) atoms. The standard InChI is InChI=1S/C14H21NO2/c1-3-12(2)15-9-14(16)11-17-10-13-7-5-4-6-8-13/h3-8,12,14-16H,1,9-11H2,2H3. The molecule has 1 rings (SSSR count). The van der Waals surface area contributed by atoms with E-state index in [2.05, 4.69) is 11.9 Å². The van der Waals surface area contributed by atoms with E-state index in [1.165, 1.54) is 0 Å². The summed E-state index contributed by atoms with van der Waals surface area (Å²) >= 11 is 0. The second-order valence-corrected chi connectivity index (χ2v) is 4.09. The van der Waals surface area contributed by atoms with Crippen molar-refractivity contribution < 1.29 is 9.84 Å². The maximum absolute atomic E-state index is 9.65. The van der Waals surface area contributed by atoms with Crippen LogP contribution >= 0.6 is 0 Å². The Morgan fingerprint density at radius 1 is 1.41 bits per heavy atom. The molecule has 0 aliphatic rings. The van der Waals surface area contributed by atoms with Crippen molar-refractivity contribution in [2.45, 2.75) is 25.7 Å². The molecule has 3 heteroatoms. The second-order valence-electron chi connectivity index (χ2n) is 4.09. The van der Waals surface area contributed by atoms with Crippen LogP contribution in [0.5, 0.6) is 0 Å². The molecule has 94 valence electrons. The number of ether oxygens (including phenoxy) is 1. The molecule has 0 aliphatic heterocycles. The van der Waals surface area contributed by atoms with Gasteiger partial charge in [-0.1, -0.05) is 36.4 Å². The zero-order valence-electron chi connectivity index (χ0n) is 10.3. The zero-order valence-corrected chi connectivity index (χ0v) is 10.3. The summed E-state index contributed by atoms with van der Waals surface area (Å²) in [7, 11) is 0. The summed E-state index contributed by atoms with van der Waals surface area (Å²) < 4.78 is 5.43. The number of rotatable bonds is 8. The van der Waals surface area contributed by atoms with Crippen LogP contribution in [0.4, 0.5) is 0 Å². The highest BCUT2D eigenvalue weighted by molar-refractivity contribution is 5.13. The minimum absolute atomic E-state index is 0.207. The molecule has 0 spiro atoms. The van der Waals surface area contributed by atoms with E-state index in [0.717, 1.165) is 5.56 Å². The Morgan fingerprint density at radius 3 is 2.76 bits per heavy atom. The Balaban J connectivity index is 2.12. The van der Waals surface area contributed by atoms with Crippen molar-refractivity contribution in [2.75, 3.05) is 13.2 Å². The molecular formula is C14H21NO2. The fourth-order valence-electron chi connectivity index (χ4n) is 1.35. The van der Waals surface area contributed by atoms with Gasteiger partial charge in [0.2, 0.25) is 0 Å². The van der Waals surface area contributed by atoms with Crippen LogP contribution in [0.2, 0.25) is 0 Å². The van der Waals surface area contributed by atoms with Gasteiger partial charge in [0.1, 0.15) is 0 Å². The summed E-state index contributed by atoms with van der Waals surface area (Å²) in [5.74, 6) is 0. The quantitative estimate of drug-likeness (QED) is 0.674. The largest absolute Gasteiger partial charge is 0.389 e. The number of hydrogen-bond acceptors (Lipinski definition) is 3. The van der Waals surface area contributed by atoms with Crippen molar-refractivity contribution in [3.8, 4) is 0 Å².